The van der Waals surface area contributed by atoms with E-state index in [4.69, 9.17) is 4.74 Å². The number of halogens is 1. The van der Waals surface area contributed by atoms with Gasteiger partial charge in [-0.2, -0.15) is 0 Å². The fourth-order valence-corrected chi connectivity index (χ4v) is 3.66. The van der Waals surface area contributed by atoms with Crippen LogP contribution < -0.4 is 5.32 Å². The lowest BCUT2D eigenvalue weighted by Crippen LogP contribution is -2.57. The molecule has 2 heterocycles. The van der Waals surface area contributed by atoms with Gasteiger partial charge in [0.15, 0.2) is 0 Å². The molecule has 158 valence electrons. The number of carbonyl (C=O) groups is 1. The van der Waals surface area contributed by atoms with Crippen LogP contribution >= 0.6 is 0 Å². The molecule has 0 radical (unpaired) electrons. The van der Waals surface area contributed by atoms with Crippen molar-refractivity contribution in [3.8, 4) is 0 Å². The second-order valence-corrected chi connectivity index (χ2v) is 7.69. The summed E-state index contributed by atoms with van der Waals surface area (Å²) in [5.41, 5.74) is 0.546. The molecule has 1 aromatic heterocycles. The van der Waals surface area contributed by atoms with Gasteiger partial charge in [-0.1, -0.05) is 19.1 Å². The first-order chi connectivity index (χ1) is 13.9. The monoisotopic (exact) mass is 404 g/mol. The predicted octanol–water partition coefficient (Wildman–Crippen LogP) is 1.52. The van der Waals surface area contributed by atoms with Crippen molar-refractivity contribution in [2.75, 3.05) is 32.8 Å². The molecule has 8 nitrogen and oxygen atoms in total. The second kappa shape index (κ2) is 9.41. The number of ether oxygens (including phenoxy) is 1. The van der Waals surface area contributed by atoms with Crippen LogP contribution in [0.5, 0.6) is 0 Å². The summed E-state index contributed by atoms with van der Waals surface area (Å²) in [5.74, 6) is 0.0200. The van der Waals surface area contributed by atoms with E-state index in [0.29, 0.717) is 37.6 Å². The van der Waals surface area contributed by atoms with E-state index >= 15 is 0 Å². The molecule has 9 heteroatoms. The van der Waals surface area contributed by atoms with Crippen molar-refractivity contribution in [2.45, 2.75) is 45.2 Å². The molecule has 0 bridgehead atoms. The van der Waals surface area contributed by atoms with Crippen LogP contribution in [-0.2, 0) is 16.0 Å². The molecular weight excluding hydrogens is 375 g/mol. The van der Waals surface area contributed by atoms with Gasteiger partial charge in [-0.15, -0.1) is 5.10 Å². The van der Waals surface area contributed by atoms with Gasteiger partial charge in [-0.05, 0) is 48.4 Å². The fraction of sp³-hybridized carbons (Fsp3) is 0.600. The molecule has 1 fully saturated rings. The lowest BCUT2D eigenvalue weighted by molar-refractivity contribution is -0.125. The number of carbonyl (C=O) groups excluding carboxylic acids is 1. The van der Waals surface area contributed by atoms with Crippen LogP contribution in [0.1, 0.15) is 37.7 Å². The van der Waals surface area contributed by atoms with Crippen molar-refractivity contribution < 1.29 is 13.9 Å². The molecule has 2 atom stereocenters. The van der Waals surface area contributed by atoms with Gasteiger partial charge < -0.3 is 10.1 Å². The first-order valence-electron chi connectivity index (χ1n) is 10.0. The number of hydrogen-bond acceptors (Lipinski definition) is 6. The number of morpholine rings is 1. The Labute approximate surface area is 170 Å². The van der Waals surface area contributed by atoms with Gasteiger partial charge in [0.1, 0.15) is 17.7 Å². The summed E-state index contributed by atoms with van der Waals surface area (Å²) >= 11 is 0. The number of rotatable bonds is 8. The van der Waals surface area contributed by atoms with E-state index in [2.05, 4.69) is 39.6 Å². The van der Waals surface area contributed by atoms with E-state index in [1.165, 1.54) is 16.8 Å². The molecule has 1 amide bonds. The molecule has 0 saturated carbocycles. The zero-order valence-electron chi connectivity index (χ0n) is 17.3. The summed E-state index contributed by atoms with van der Waals surface area (Å²) < 4.78 is 20.6. The largest absolute Gasteiger partial charge is 0.379 e. The average Bonchev–Trinajstić information content (AvgIpc) is 3.16. The Morgan fingerprint density at radius 3 is 2.76 bits per heavy atom. The Bertz CT molecular complexity index is 823. The minimum atomic E-state index is -0.655. The molecule has 1 saturated heterocycles. The van der Waals surface area contributed by atoms with E-state index in [-0.39, 0.29) is 17.3 Å². The number of nitrogens with one attached hydrogen (secondary N) is 1. The molecule has 1 aliphatic rings. The van der Waals surface area contributed by atoms with E-state index < -0.39 is 6.04 Å². The van der Waals surface area contributed by atoms with Crippen molar-refractivity contribution in [3.05, 3.63) is 41.5 Å². The summed E-state index contributed by atoms with van der Waals surface area (Å²) in [7, 11) is 0. The molecule has 0 aliphatic carbocycles. The number of tetrazole rings is 1. The SMILES string of the molecule is CCC(C)(CNC(=O)C(Cc1cccc(F)c1)n1nnnc1C)N1CCOCC1. The maximum atomic E-state index is 13.6. The first kappa shape index (κ1) is 21.3. The highest BCUT2D eigenvalue weighted by Gasteiger charge is 2.33. The Balaban J connectivity index is 1.75. The summed E-state index contributed by atoms with van der Waals surface area (Å²) in [6.45, 7) is 9.63. The molecule has 2 aromatic rings. The summed E-state index contributed by atoms with van der Waals surface area (Å²) in [6, 6.07) is 5.60. The van der Waals surface area contributed by atoms with Gasteiger partial charge in [0.05, 0.1) is 13.2 Å². The highest BCUT2D eigenvalue weighted by atomic mass is 19.1. The van der Waals surface area contributed by atoms with Gasteiger partial charge in [0, 0.05) is 31.6 Å². The lowest BCUT2D eigenvalue weighted by atomic mass is 9.95. The lowest BCUT2D eigenvalue weighted by Gasteiger charge is -2.43. The number of amides is 1. The van der Waals surface area contributed by atoms with Crippen LogP contribution in [0.15, 0.2) is 24.3 Å². The van der Waals surface area contributed by atoms with Crippen molar-refractivity contribution in [3.63, 3.8) is 0 Å². The van der Waals surface area contributed by atoms with Gasteiger partial charge in [0.2, 0.25) is 5.91 Å². The molecule has 2 unspecified atom stereocenters. The molecule has 1 N–H and O–H groups in total. The third kappa shape index (κ3) is 5.16. The molecule has 3 rings (SSSR count). The normalized spacial score (nSPS) is 18.2. The minimum absolute atomic E-state index is 0.168. The van der Waals surface area contributed by atoms with Crippen LogP contribution in [0.4, 0.5) is 4.39 Å². The zero-order valence-corrected chi connectivity index (χ0v) is 17.3. The third-order valence-electron chi connectivity index (χ3n) is 5.75. The third-order valence-corrected chi connectivity index (χ3v) is 5.75. The van der Waals surface area contributed by atoms with Gasteiger partial charge in [-0.3, -0.25) is 9.69 Å². The van der Waals surface area contributed by atoms with Gasteiger partial charge in [0.25, 0.3) is 0 Å². The van der Waals surface area contributed by atoms with Crippen LogP contribution in [0.3, 0.4) is 0 Å². The fourth-order valence-electron chi connectivity index (χ4n) is 3.66. The topological polar surface area (TPSA) is 85.2 Å². The Hall–Kier alpha value is -2.39. The number of aromatic nitrogens is 4. The predicted molar refractivity (Wildman–Crippen MR) is 106 cm³/mol. The van der Waals surface area contributed by atoms with Crippen molar-refractivity contribution in [1.82, 2.24) is 30.4 Å². The smallest absolute Gasteiger partial charge is 0.245 e. The second-order valence-electron chi connectivity index (χ2n) is 7.69. The highest BCUT2D eigenvalue weighted by molar-refractivity contribution is 5.80. The number of nitrogens with zero attached hydrogens (tertiary/aromatic N) is 5. The van der Waals surface area contributed by atoms with Gasteiger partial charge >= 0.3 is 0 Å². The number of hydrogen-bond donors (Lipinski definition) is 1. The molecule has 0 spiro atoms. The average molecular weight is 404 g/mol. The molecular formula is C20H29FN6O2. The molecule has 1 aromatic carbocycles. The Morgan fingerprint density at radius 1 is 1.38 bits per heavy atom. The number of aryl methyl sites for hydroxylation is 1. The number of benzene rings is 1. The van der Waals surface area contributed by atoms with E-state index in [9.17, 15) is 9.18 Å². The Morgan fingerprint density at radius 2 is 2.14 bits per heavy atom. The van der Waals surface area contributed by atoms with E-state index in [1.807, 2.05) is 0 Å². The quantitative estimate of drug-likeness (QED) is 0.718. The van der Waals surface area contributed by atoms with Crippen molar-refractivity contribution in [2.24, 2.45) is 0 Å². The highest BCUT2D eigenvalue weighted by Crippen LogP contribution is 2.21. The van der Waals surface area contributed by atoms with Crippen LogP contribution in [-0.4, -0.2) is 69.4 Å². The van der Waals surface area contributed by atoms with E-state index in [1.54, 1.807) is 19.1 Å². The van der Waals surface area contributed by atoms with E-state index in [0.717, 1.165) is 19.5 Å². The van der Waals surface area contributed by atoms with Gasteiger partial charge in [-0.25, -0.2) is 9.07 Å². The van der Waals surface area contributed by atoms with Crippen molar-refractivity contribution in [1.29, 1.82) is 0 Å². The first-order valence-corrected chi connectivity index (χ1v) is 10.0. The summed E-state index contributed by atoms with van der Waals surface area (Å²) in [4.78, 5) is 15.5. The van der Waals surface area contributed by atoms with Crippen LogP contribution in [0, 0.1) is 12.7 Å². The summed E-state index contributed by atoms with van der Waals surface area (Å²) in [6.07, 6.45) is 1.20. The van der Waals surface area contributed by atoms with Crippen molar-refractivity contribution >= 4 is 5.91 Å². The molecule has 1 aliphatic heterocycles. The van der Waals surface area contributed by atoms with Crippen LogP contribution in [0.25, 0.3) is 0 Å². The maximum absolute atomic E-state index is 13.6. The zero-order chi connectivity index (χ0) is 20.9. The molecule has 29 heavy (non-hydrogen) atoms. The minimum Gasteiger partial charge on any atom is -0.379 e. The maximum Gasteiger partial charge on any atom is 0.245 e. The standard InChI is InChI=1S/C20H29FN6O2/c1-4-20(3,26-8-10-29-11-9-26)14-22-19(28)18(27-15(2)23-24-25-27)13-16-6-5-7-17(21)12-16/h5-7,12,18H,4,8-11,13-14H2,1-3H3,(H,22,28). The Kier molecular flexibility index (Phi) is 6.92. The summed E-state index contributed by atoms with van der Waals surface area (Å²) in [5, 5.41) is 14.6. The van der Waals surface area contributed by atoms with Crippen LogP contribution in [0.2, 0.25) is 0 Å².